The molecule has 0 amide bonds. The highest BCUT2D eigenvalue weighted by Gasteiger charge is 2.27. The van der Waals surface area contributed by atoms with Gasteiger partial charge in [0.2, 0.25) is 0 Å². The van der Waals surface area contributed by atoms with Gasteiger partial charge in [-0.1, -0.05) is 13.0 Å². The van der Waals surface area contributed by atoms with Crippen LogP contribution in [0.5, 0.6) is 0 Å². The number of hydrogen-bond donors (Lipinski definition) is 1. The summed E-state index contributed by atoms with van der Waals surface area (Å²) in [6, 6.07) is 0.217. The SMILES string of the molecule is CCC1C=CC=NC(N2N=CN=C(C(C)NCCOC)C2C)=C1. The van der Waals surface area contributed by atoms with Crippen molar-refractivity contribution in [3.05, 3.63) is 24.0 Å². The average molecular weight is 317 g/mol. The standard InChI is InChI=1S/C17H27N5O/c1-5-15-7-6-8-19-16(11-15)22-14(3)17(20-12-21-22)13(2)18-9-10-23-4/h6-8,11-15,18H,5,9-10H2,1-4H3. The van der Waals surface area contributed by atoms with Gasteiger partial charge >= 0.3 is 0 Å². The minimum absolute atomic E-state index is 0.0593. The van der Waals surface area contributed by atoms with E-state index in [4.69, 9.17) is 4.74 Å². The Morgan fingerprint density at radius 3 is 3.00 bits per heavy atom. The van der Waals surface area contributed by atoms with Crippen LogP contribution in [-0.2, 0) is 4.74 Å². The van der Waals surface area contributed by atoms with Crippen LogP contribution in [0.3, 0.4) is 0 Å². The smallest absolute Gasteiger partial charge is 0.145 e. The van der Waals surface area contributed by atoms with E-state index in [-0.39, 0.29) is 12.1 Å². The molecule has 2 rings (SSSR count). The molecule has 0 aromatic carbocycles. The normalized spacial score (nSPS) is 25.1. The molecule has 0 aromatic rings. The molecule has 0 radical (unpaired) electrons. The number of ether oxygens (including phenoxy) is 1. The Morgan fingerprint density at radius 2 is 2.26 bits per heavy atom. The molecule has 126 valence electrons. The van der Waals surface area contributed by atoms with Crippen LogP contribution < -0.4 is 5.32 Å². The van der Waals surface area contributed by atoms with E-state index in [0.29, 0.717) is 12.5 Å². The second kappa shape index (κ2) is 8.74. The van der Waals surface area contributed by atoms with Crippen molar-refractivity contribution in [2.45, 2.75) is 39.3 Å². The third-order valence-corrected chi connectivity index (χ3v) is 4.10. The minimum Gasteiger partial charge on any atom is -0.383 e. The predicted octanol–water partition coefficient (Wildman–Crippen LogP) is 2.21. The molecule has 2 aliphatic rings. The Labute approximate surface area is 138 Å². The van der Waals surface area contributed by atoms with Crippen molar-refractivity contribution in [3.63, 3.8) is 0 Å². The molecule has 0 aliphatic carbocycles. The molecular weight excluding hydrogens is 290 g/mol. The monoisotopic (exact) mass is 317 g/mol. The predicted molar refractivity (Wildman–Crippen MR) is 96.1 cm³/mol. The van der Waals surface area contributed by atoms with Crippen LogP contribution in [-0.4, -0.2) is 55.6 Å². The van der Waals surface area contributed by atoms with Crippen molar-refractivity contribution in [2.24, 2.45) is 21.0 Å². The van der Waals surface area contributed by atoms with E-state index in [0.717, 1.165) is 24.5 Å². The molecular formula is C17H27N5O. The summed E-state index contributed by atoms with van der Waals surface area (Å²) in [7, 11) is 1.70. The zero-order valence-electron chi connectivity index (χ0n) is 14.4. The molecule has 2 aliphatic heterocycles. The Morgan fingerprint density at radius 1 is 1.43 bits per heavy atom. The lowest BCUT2D eigenvalue weighted by atomic mass is 10.0. The summed E-state index contributed by atoms with van der Waals surface area (Å²) in [5.41, 5.74) is 1.05. The van der Waals surface area contributed by atoms with E-state index in [1.54, 1.807) is 13.4 Å². The lowest BCUT2D eigenvalue weighted by Crippen LogP contribution is -2.47. The number of hydrazone groups is 1. The van der Waals surface area contributed by atoms with Crippen LogP contribution in [0.25, 0.3) is 0 Å². The van der Waals surface area contributed by atoms with Crippen LogP contribution in [0.15, 0.2) is 39.1 Å². The summed E-state index contributed by atoms with van der Waals surface area (Å²) in [6.07, 6.45) is 10.8. The molecule has 6 heteroatoms. The van der Waals surface area contributed by atoms with Crippen molar-refractivity contribution >= 4 is 18.3 Å². The molecule has 2 heterocycles. The summed E-state index contributed by atoms with van der Waals surface area (Å²) in [5, 5.41) is 9.80. The van der Waals surface area contributed by atoms with Gasteiger partial charge in [-0.15, -0.1) is 0 Å². The van der Waals surface area contributed by atoms with Gasteiger partial charge in [-0.3, -0.25) is 0 Å². The summed E-state index contributed by atoms with van der Waals surface area (Å²) < 4.78 is 5.09. The van der Waals surface area contributed by atoms with Gasteiger partial charge in [-0.2, -0.15) is 5.10 Å². The van der Waals surface area contributed by atoms with E-state index in [2.05, 4.69) is 53.3 Å². The molecule has 0 saturated heterocycles. The molecule has 23 heavy (non-hydrogen) atoms. The zero-order chi connectivity index (χ0) is 16.7. The molecule has 0 saturated carbocycles. The van der Waals surface area contributed by atoms with E-state index in [1.807, 2.05) is 17.3 Å². The fourth-order valence-corrected chi connectivity index (χ4v) is 2.69. The van der Waals surface area contributed by atoms with Crippen LogP contribution in [0.4, 0.5) is 0 Å². The van der Waals surface area contributed by atoms with Crippen molar-refractivity contribution in [3.8, 4) is 0 Å². The van der Waals surface area contributed by atoms with Crippen molar-refractivity contribution in [2.75, 3.05) is 20.3 Å². The molecule has 1 N–H and O–H groups in total. The number of aliphatic imine (C=N–C) groups is 2. The fourth-order valence-electron chi connectivity index (χ4n) is 2.69. The van der Waals surface area contributed by atoms with Gasteiger partial charge < -0.3 is 10.1 Å². The Bertz CT molecular complexity index is 535. The number of rotatable bonds is 7. The van der Waals surface area contributed by atoms with Gasteiger partial charge in [0.1, 0.15) is 12.2 Å². The van der Waals surface area contributed by atoms with Gasteiger partial charge in [-0.05, 0) is 38.3 Å². The Kier molecular flexibility index (Phi) is 6.67. The van der Waals surface area contributed by atoms with Crippen molar-refractivity contribution in [1.82, 2.24) is 10.3 Å². The largest absolute Gasteiger partial charge is 0.383 e. The lowest BCUT2D eigenvalue weighted by molar-refractivity contribution is 0.198. The number of nitrogens with zero attached hydrogens (tertiary/aromatic N) is 4. The third-order valence-electron chi connectivity index (χ3n) is 4.10. The van der Waals surface area contributed by atoms with E-state index in [1.165, 1.54) is 0 Å². The number of nitrogens with one attached hydrogen (secondary N) is 1. The first-order valence-corrected chi connectivity index (χ1v) is 8.21. The number of allylic oxidation sites excluding steroid dienone is 3. The number of hydrogen-bond acceptors (Lipinski definition) is 6. The topological polar surface area (TPSA) is 61.6 Å². The van der Waals surface area contributed by atoms with Crippen LogP contribution in [0, 0.1) is 5.92 Å². The highest BCUT2D eigenvalue weighted by molar-refractivity contribution is 5.99. The highest BCUT2D eigenvalue weighted by Crippen LogP contribution is 2.21. The van der Waals surface area contributed by atoms with E-state index in [9.17, 15) is 0 Å². The molecule has 3 atom stereocenters. The second-order valence-corrected chi connectivity index (χ2v) is 5.73. The summed E-state index contributed by atoms with van der Waals surface area (Å²) in [5.74, 6) is 1.26. The molecule has 0 fully saturated rings. The molecule has 6 nitrogen and oxygen atoms in total. The van der Waals surface area contributed by atoms with Gasteiger partial charge in [-0.25, -0.2) is 15.0 Å². The van der Waals surface area contributed by atoms with E-state index >= 15 is 0 Å². The lowest BCUT2D eigenvalue weighted by Gasteiger charge is -2.32. The summed E-state index contributed by atoms with van der Waals surface area (Å²) >= 11 is 0. The Hall–Kier alpha value is -1.79. The first-order chi connectivity index (χ1) is 11.2. The van der Waals surface area contributed by atoms with Gasteiger partial charge in [0, 0.05) is 25.9 Å². The first-order valence-electron chi connectivity index (χ1n) is 8.21. The molecule has 3 unspecified atom stereocenters. The van der Waals surface area contributed by atoms with Gasteiger partial charge in [0.25, 0.3) is 0 Å². The maximum absolute atomic E-state index is 5.09. The van der Waals surface area contributed by atoms with Crippen LogP contribution in [0.1, 0.15) is 27.2 Å². The summed E-state index contributed by atoms with van der Waals surface area (Å²) in [4.78, 5) is 9.01. The minimum atomic E-state index is 0.0593. The van der Waals surface area contributed by atoms with Crippen LogP contribution >= 0.6 is 0 Å². The maximum atomic E-state index is 5.09. The quantitative estimate of drug-likeness (QED) is 0.732. The molecule has 0 aromatic heterocycles. The van der Waals surface area contributed by atoms with Crippen molar-refractivity contribution in [1.29, 1.82) is 0 Å². The van der Waals surface area contributed by atoms with Gasteiger partial charge in [0.15, 0.2) is 0 Å². The second-order valence-electron chi connectivity index (χ2n) is 5.73. The zero-order valence-corrected chi connectivity index (χ0v) is 14.4. The fraction of sp³-hybridized carbons (Fsp3) is 0.588. The van der Waals surface area contributed by atoms with Crippen LogP contribution in [0.2, 0.25) is 0 Å². The maximum Gasteiger partial charge on any atom is 0.145 e. The van der Waals surface area contributed by atoms with E-state index < -0.39 is 0 Å². The molecule has 0 spiro atoms. The Balaban J connectivity index is 2.09. The summed E-state index contributed by atoms with van der Waals surface area (Å²) in [6.45, 7) is 7.88. The highest BCUT2D eigenvalue weighted by atomic mass is 16.5. The first kappa shape index (κ1) is 17.6. The average Bonchev–Trinajstić information content (AvgIpc) is 2.80. The number of methoxy groups -OCH3 is 1. The van der Waals surface area contributed by atoms with Crippen molar-refractivity contribution < 1.29 is 4.74 Å². The van der Waals surface area contributed by atoms with Gasteiger partial charge in [0.05, 0.1) is 18.4 Å². The third kappa shape index (κ3) is 4.59. The molecule has 0 bridgehead atoms.